The number of para-hydroxylation sites is 1. The molecular formula is C23H21ClN2O4S. The van der Waals surface area contributed by atoms with Gasteiger partial charge >= 0.3 is 0 Å². The normalized spacial score (nSPS) is 13.4. The molecule has 0 aromatic heterocycles. The molecule has 0 spiro atoms. The van der Waals surface area contributed by atoms with E-state index in [0.29, 0.717) is 22.9 Å². The number of methoxy groups -OCH3 is 1. The van der Waals surface area contributed by atoms with Gasteiger partial charge in [-0.05, 0) is 60.9 Å². The van der Waals surface area contributed by atoms with E-state index in [1.54, 1.807) is 29.2 Å². The fraction of sp³-hybridized carbons (Fsp3) is 0.174. The van der Waals surface area contributed by atoms with E-state index in [0.717, 1.165) is 24.1 Å². The fourth-order valence-corrected chi connectivity index (χ4v) is 4.94. The molecule has 0 saturated carbocycles. The van der Waals surface area contributed by atoms with Crippen molar-refractivity contribution in [3.8, 4) is 5.75 Å². The summed E-state index contributed by atoms with van der Waals surface area (Å²) in [4.78, 5) is 14.9. The minimum atomic E-state index is -3.97. The number of carbonyl (C=O) groups is 1. The highest BCUT2D eigenvalue weighted by molar-refractivity contribution is 7.92. The Morgan fingerprint density at radius 1 is 1.06 bits per heavy atom. The van der Waals surface area contributed by atoms with Gasteiger partial charge in [-0.15, -0.1) is 0 Å². The van der Waals surface area contributed by atoms with Crippen LogP contribution in [0.4, 0.5) is 11.4 Å². The highest BCUT2D eigenvalue weighted by Crippen LogP contribution is 2.31. The molecule has 3 aromatic rings. The van der Waals surface area contributed by atoms with Crippen LogP contribution in [0.5, 0.6) is 5.75 Å². The van der Waals surface area contributed by atoms with Gasteiger partial charge < -0.3 is 9.64 Å². The molecule has 1 heterocycles. The highest BCUT2D eigenvalue weighted by Gasteiger charge is 2.25. The van der Waals surface area contributed by atoms with Crippen LogP contribution >= 0.6 is 11.6 Å². The topological polar surface area (TPSA) is 75.7 Å². The smallest absolute Gasteiger partial charge is 0.262 e. The predicted octanol–water partition coefficient (Wildman–Crippen LogP) is 4.74. The molecular weight excluding hydrogens is 436 g/mol. The third-order valence-electron chi connectivity index (χ3n) is 5.15. The zero-order valence-corrected chi connectivity index (χ0v) is 18.4. The van der Waals surface area contributed by atoms with Crippen LogP contribution in [0.3, 0.4) is 0 Å². The third-order valence-corrected chi connectivity index (χ3v) is 6.75. The molecule has 0 bridgehead atoms. The van der Waals surface area contributed by atoms with Crippen molar-refractivity contribution in [3.05, 3.63) is 82.9 Å². The second-order valence-electron chi connectivity index (χ2n) is 7.17. The summed E-state index contributed by atoms with van der Waals surface area (Å²) < 4.78 is 33.7. The minimum Gasteiger partial charge on any atom is -0.495 e. The number of ether oxygens (including phenoxy) is 1. The van der Waals surface area contributed by atoms with Crippen molar-refractivity contribution >= 4 is 38.9 Å². The van der Waals surface area contributed by atoms with Crippen LogP contribution in [0, 0.1) is 0 Å². The quantitative estimate of drug-likeness (QED) is 0.601. The summed E-state index contributed by atoms with van der Waals surface area (Å²) in [5.74, 6) is 0.106. The van der Waals surface area contributed by atoms with Gasteiger partial charge in [0.05, 0.1) is 17.7 Å². The van der Waals surface area contributed by atoms with Crippen molar-refractivity contribution in [2.45, 2.75) is 17.7 Å². The van der Waals surface area contributed by atoms with Crippen molar-refractivity contribution in [1.82, 2.24) is 0 Å². The molecule has 0 unspecified atom stereocenters. The van der Waals surface area contributed by atoms with Crippen molar-refractivity contribution in [2.75, 3.05) is 23.3 Å². The van der Waals surface area contributed by atoms with E-state index >= 15 is 0 Å². The summed E-state index contributed by atoms with van der Waals surface area (Å²) in [7, 11) is -2.53. The third kappa shape index (κ3) is 4.38. The van der Waals surface area contributed by atoms with E-state index in [2.05, 4.69) is 4.72 Å². The lowest BCUT2D eigenvalue weighted by Gasteiger charge is -2.29. The molecule has 0 radical (unpaired) electrons. The van der Waals surface area contributed by atoms with Gasteiger partial charge in [-0.2, -0.15) is 0 Å². The molecule has 1 N–H and O–H groups in total. The summed E-state index contributed by atoms with van der Waals surface area (Å²) in [6.45, 7) is 0.588. The second-order valence-corrected chi connectivity index (χ2v) is 9.29. The van der Waals surface area contributed by atoms with Gasteiger partial charge in [-0.3, -0.25) is 9.52 Å². The predicted molar refractivity (Wildman–Crippen MR) is 122 cm³/mol. The number of carbonyl (C=O) groups excluding carboxylic acids is 1. The van der Waals surface area contributed by atoms with E-state index in [1.165, 1.54) is 25.3 Å². The summed E-state index contributed by atoms with van der Waals surface area (Å²) in [6, 6.07) is 18.4. The van der Waals surface area contributed by atoms with Gasteiger partial charge in [-0.25, -0.2) is 8.42 Å². The van der Waals surface area contributed by atoms with Crippen LogP contribution < -0.4 is 14.4 Å². The standard InChI is InChI=1S/C23H21ClN2O4S/c1-30-22-12-11-18(24)15-20(22)25-31(28,29)19-9-4-7-17(14-19)23(27)26-13-5-8-16-6-2-3-10-21(16)26/h2-4,6-7,9-12,14-15,25H,5,8,13H2,1H3. The molecule has 3 aromatic carbocycles. The first-order valence-corrected chi connectivity index (χ1v) is 11.6. The van der Waals surface area contributed by atoms with Gasteiger partial charge in [0.2, 0.25) is 0 Å². The van der Waals surface area contributed by atoms with E-state index in [-0.39, 0.29) is 16.5 Å². The Morgan fingerprint density at radius 2 is 1.87 bits per heavy atom. The van der Waals surface area contributed by atoms with Crippen LogP contribution in [-0.4, -0.2) is 28.0 Å². The summed E-state index contributed by atoms with van der Waals surface area (Å²) in [6.07, 6.45) is 1.77. The van der Waals surface area contributed by atoms with Crippen LogP contribution in [0.1, 0.15) is 22.3 Å². The number of rotatable bonds is 5. The van der Waals surface area contributed by atoms with Gasteiger partial charge in [0.1, 0.15) is 5.75 Å². The molecule has 8 heteroatoms. The summed E-state index contributed by atoms with van der Waals surface area (Å²) >= 11 is 6.00. The summed E-state index contributed by atoms with van der Waals surface area (Å²) in [5.41, 5.74) is 2.50. The van der Waals surface area contributed by atoms with E-state index in [1.807, 2.05) is 24.3 Å². The fourth-order valence-electron chi connectivity index (χ4n) is 3.66. The van der Waals surface area contributed by atoms with E-state index in [9.17, 15) is 13.2 Å². The summed E-state index contributed by atoms with van der Waals surface area (Å²) in [5, 5.41) is 0.367. The number of anilines is 2. The lowest BCUT2D eigenvalue weighted by molar-refractivity contribution is 0.0985. The first kappa shape index (κ1) is 21.2. The monoisotopic (exact) mass is 456 g/mol. The highest BCUT2D eigenvalue weighted by atomic mass is 35.5. The average molecular weight is 457 g/mol. The lowest BCUT2D eigenvalue weighted by atomic mass is 10.0. The minimum absolute atomic E-state index is 0.0225. The van der Waals surface area contributed by atoms with Crippen molar-refractivity contribution in [1.29, 1.82) is 0 Å². The molecule has 6 nitrogen and oxygen atoms in total. The van der Waals surface area contributed by atoms with Crippen LogP contribution in [0.15, 0.2) is 71.6 Å². The first-order valence-electron chi connectivity index (χ1n) is 9.75. The number of halogens is 1. The number of nitrogens with one attached hydrogen (secondary N) is 1. The Hall–Kier alpha value is -3.03. The van der Waals surface area contributed by atoms with Crippen LogP contribution in [-0.2, 0) is 16.4 Å². The molecule has 1 aliphatic rings. The maximum Gasteiger partial charge on any atom is 0.262 e. The molecule has 0 saturated heterocycles. The molecule has 160 valence electrons. The SMILES string of the molecule is COc1ccc(Cl)cc1NS(=O)(=O)c1cccc(C(=O)N2CCCc3ccccc32)c1. The number of aryl methyl sites for hydroxylation is 1. The zero-order chi connectivity index (χ0) is 22.0. The number of nitrogens with zero attached hydrogens (tertiary/aromatic N) is 1. The van der Waals surface area contributed by atoms with Gasteiger partial charge in [0, 0.05) is 22.8 Å². The molecule has 1 amide bonds. The number of hydrogen-bond donors (Lipinski definition) is 1. The number of fused-ring (bicyclic) bond motifs is 1. The number of benzene rings is 3. The van der Waals surface area contributed by atoms with Crippen LogP contribution in [0.2, 0.25) is 5.02 Å². The molecule has 0 aliphatic carbocycles. The average Bonchev–Trinajstić information content (AvgIpc) is 2.78. The Morgan fingerprint density at radius 3 is 2.68 bits per heavy atom. The molecule has 1 aliphatic heterocycles. The van der Waals surface area contributed by atoms with Gasteiger partial charge in [-0.1, -0.05) is 35.9 Å². The molecule has 4 rings (SSSR count). The largest absolute Gasteiger partial charge is 0.495 e. The Kier molecular flexibility index (Phi) is 5.89. The number of amides is 1. The Balaban J connectivity index is 1.64. The zero-order valence-electron chi connectivity index (χ0n) is 16.8. The Bertz CT molecular complexity index is 1240. The van der Waals surface area contributed by atoms with Crippen molar-refractivity contribution in [2.24, 2.45) is 0 Å². The number of sulfonamides is 1. The van der Waals surface area contributed by atoms with Crippen molar-refractivity contribution in [3.63, 3.8) is 0 Å². The Labute approximate surface area is 186 Å². The molecule has 0 atom stereocenters. The van der Waals surface area contributed by atoms with Gasteiger partial charge in [0.25, 0.3) is 15.9 Å². The maximum atomic E-state index is 13.2. The van der Waals surface area contributed by atoms with Crippen LogP contribution in [0.25, 0.3) is 0 Å². The first-order chi connectivity index (χ1) is 14.9. The van der Waals surface area contributed by atoms with E-state index < -0.39 is 10.0 Å². The van der Waals surface area contributed by atoms with E-state index in [4.69, 9.17) is 16.3 Å². The lowest BCUT2D eigenvalue weighted by Crippen LogP contribution is -2.35. The molecule has 0 fully saturated rings. The number of hydrogen-bond acceptors (Lipinski definition) is 4. The second kappa shape index (κ2) is 8.61. The molecule has 31 heavy (non-hydrogen) atoms. The van der Waals surface area contributed by atoms with Gasteiger partial charge in [0.15, 0.2) is 0 Å². The van der Waals surface area contributed by atoms with Crippen molar-refractivity contribution < 1.29 is 17.9 Å². The maximum absolute atomic E-state index is 13.2.